The van der Waals surface area contributed by atoms with Gasteiger partial charge in [-0.2, -0.15) is 0 Å². The van der Waals surface area contributed by atoms with E-state index >= 15 is 0 Å². The first kappa shape index (κ1) is 13.6. The largest absolute Gasteiger partial charge is 0.350 e. The number of carbonyl (C=O) groups is 1. The molecule has 0 spiro atoms. The van der Waals surface area contributed by atoms with Crippen molar-refractivity contribution in [2.75, 3.05) is 0 Å². The maximum atomic E-state index is 13.0. The smallest absolute Gasteiger partial charge is 0.220 e. The van der Waals surface area contributed by atoms with Crippen LogP contribution in [0.1, 0.15) is 44.7 Å². The number of carbonyl (C=O) groups excluding carboxylic acids is 1. The van der Waals surface area contributed by atoms with E-state index in [2.05, 4.69) is 5.32 Å². The van der Waals surface area contributed by atoms with Gasteiger partial charge in [-0.25, -0.2) is 8.78 Å². The van der Waals surface area contributed by atoms with E-state index in [9.17, 15) is 13.6 Å². The van der Waals surface area contributed by atoms with E-state index in [1.54, 1.807) is 6.92 Å². The molecule has 4 heteroatoms. The van der Waals surface area contributed by atoms with Crippen molar-refractivity contribution in [2.24, 2.45) is 0 Å². The van der Waals surface area contributed by atoms with E-state index in [-0.39, 0.29) is 11.9 Å². The second kappa shape index (κ2) is 6.33. The van der Waals surface area contributed by atoms with Crippen LogP contribution in [-0.2, 0) is 4.79 Å². The molecule has 0 aromatic heterocycles. The monoisotopic (exact) mass is 241 g/mol. The first-order valence-corrected chi connectivity index (χ1v) is 5.78. The Morgan fingerprint density at radius 2 is 1.88 bits per heavy atom. The Hall–Kier alpha value is -1.45. The summed E-state index contributed by atoms with van der Waals surface area (Å²) in [7, 11) is 0. The van der Waals surface area contributed by atoms with Crippen molar-refractivity contribution in [3.05, 3.63) is 35.4 Å². The number of halogens is 2. The van der Waals surface area contributed by atoms with Gasteiger partial charge in [0.2, 0.25) is 5.91 Å². The van der Waals surface area contributed by atoms with E-state index in [1.807, 2.05) is 6.92 Å². The Balaban J connectivity index is 2.63. The molecule has 0 fully saturated rings. The van der Waals surface area contributed by atoms with Gasteiger partial charge in [0, 0.05) is 12.5 Å². The predicted molar refractivity (Wildman–Crippen MR) is 62.4 cm³/mol. The van der Waals surface area contributed by atoms with Crippen molar-refractivity contribution < 1.29 is 13.6 Å². The highest BCUT2D eigenvalue weighted by Gasteiger charge is 2.11. The van der Waals surface area contributed by atoms with Crippen LogP contribution >= 0.6 is 0 Å². The lowest BCUT2D eigenvalue weighted by Crippen LogP contribution is -2.26. The van der Waals surface area contributed by atoms with Gasteiger partial charge in [0.25, 0.3) is 0 Å². The Morgan fingerprint density at radius 3 is 2.41 bits per heavy atom. The predicted octanol–water partition coefficient (Wildman–Crippen LogP) is 3.33. The van der Waals surface area contributed by atoms with Gasteiger partial charge in [-0.1, -0.05) is 13.3 Å². The number of amides is 1. The van der Waals surface area contributed by atoms with Crippen molar-refractivity contribution in [1.29, 1.82) is 0 Å². The molecule has 1 amide bonds. The van der Waals surface area contributed by atoms with Crippen LogP contribution < -0.4 is 5.32 Å². The standard InChI is InChI=1S/C13H17F2NO/c1-3-4-5-13(17)16-9(2)10-6-11(14)8-12(15)7-10/h6-9H,3-5H2,1-2H3,(H,16,17). The third kappa shape index (κ3) is 4.51. The second-order valence-electron chi connectivity index (χ2n) is 4.10. The average molecular weight is 241 g/mol. The minimum Gasteiger partial charge on any atom is -0.350 e. The Labute approximate surface area is 100 Å². The normalized spacial score (nSPS) is 12.2. The highest BCUT2D eigenvalue weighted by atomic mass is 19.1. The molecule has 1 N–H and O–H groups in total. The zero-order valence-electron chi connectivity index (χ0n) is 10.1. The molecule has 0 aliphatic carbocycles. The first-order chi connectivity index (χ1) is 8.02. The maximum Gasteiger partial charge on any atom is 0.220 e. The summed E-state index contributed by atoms with van der Waals surface area (Å²) in [5.41, 5.74) is 0.437. The molecule has 1 atom stereocenters. The maximum absolute atomic E-state index is 13.0. The first-order valence-electron chi connectivity index (χ1n) is 5.78. The fourth-order valence-corrected chi connectivity index (χ4v) is 1.56. The lowest BCUT2D eigenvalue weighted by molar-refractivity contribution is -0.121. The summed E-state index contributed by atoms with van der Waals surface area (Å²) in [5.74, 6) is -1.35. The molecule has 1 rings (SSSR count). The molecule has 0 saturated heterocycles. The second-order valence-corrected chi connectivity index (χ2v) is 4.10. The Morgan fingerprint density at radius 1 is 1.29 bits per heavy atom. The molecule has 2 nitrogen and oxygen atoms in total. The molecule has 0 heterocycles. The van der Waals surface area contributed by atoms with Crippen LogP contribution in [-0.4, -0.2) is 5.91 Å². The SMILES string of the molecule is CCCCC(=O)NC(C)c1cc(F)cc(F)c1. The van der Waals surface area contributed by atoms with Crippen molar-refractivity contribution in [3.63, 3.8) is 0 Å². The van der Waals surface area contributed by atoms with E-state index in [1.165, 1.54) is 12.1 Å². The summed E-state index contributed by atoms with van der Waals surface area (Å²) < 4.78 is 26.0. The van der Waals surface area contributed by atoms with Gasteiger partial charge < -0.3 is 5.32 Å². The fourth-order valence-electron chi connectivity index (χ4n) is 1.56. The number of unbranched alkanes of at least 4 members (excludes halogenated alkanes) is 1. The van der Waals surface area contributed by atoms with Gasteiger partial charge in [0.05, 0.1) is 6.04 Å². The molecule has 17 heavy (non-hydrogen) atoms. The molecule has 0 aliphatic rings. The molecule has 1 unspecified atom stereocenters. The molecule has 0 bridgehead atoms. The highest BCUT2D eigenvalue weighted by molar-refractivity contribution is 5.76. The van der Waals surface area contributed by atoms with E-state index < -0.39 is 11.6 Å². The summed E-state index contributed by atoms with van der Waals surface area (Å²) >= 11 is 0. The number of rotatable bonds is 5. The summed E-state index contributed by atoms with van der Waals surface area (Å²) in [5, 5.41) is 2.71. The average Bonchev–Trinajstić information content (AvgIpc) is 2.25. The molecule has 0 aliphatic heterocycles. The molecule has 94 valence electrons. The Kier molecular flexibility index (Phi) is 5.07. The quantitative estimate of drug-likeness (QED) is 0.841. The van der Waals surface area contributed by atoms with Crippen LogP contribution in [0.2, 0.25) is 0 Å². The summed E-state index contributed by atoms with van der Waals surface area (Å²) in [6.07, 6.45) is 2.20. The zero-order valence-corrected chi connectivity index (χ0v) is 10.1. The molecular formula is C13H17F2NO. The minimum atomic E-state index is -0.630. The number of benzene rings is 1. The van der Waals surface area contributed by atoms with Crippen LogP contribution in [0.15, 0.2) is 18.2 Å². The Bertz CT molecular complexity index is 373. The van der Waals surface area contributed by atoms with Crippen molar-refractivity contribution >= 4 is 5.91 Å². The molecule has 1 aromatic rings. The summed E-state index contributed by atoms with van der Waals surface area (Å²) in [6.45, 7) is 3.71. The van der Waals surface area contributed by atoms with Gasteiger partial charge in [0.1, 0.15) is 11.6 Å². The van der Waals surface area contributed by atoms with Crippen LogP contribution in [0.3, 0.4) is 0 Å². The van der Waals surface area contributed by atoms with Gasteiger partial charge in [-0.15, -0.1) is 0 Å². The molecule has 1 aromatic carbocycles. The van der Waals surface area contributed by atoms with Gasteiger partial charge in [0.15, 0.2) is 0 Å². The summed E-state index contributed by atoms with van der Waals surface area (Å²) in [6, 6.07) is 2.89. The minimum absolute atomic E-state index is 0.0935. The van der Waals surface area contributed by atoms with Crippen LogP contribution in [0.25, 0.3) is 0 Å². The third-order valence-corrected chi connectivity index (χ3v) is 2.52. The van der Waals surface area contributed by atoms with E-state index in [4.69, 9.17) is 0 Å². The van der Waals surface area contributed by atoms with Gasteiger partial charge >= 0.3 is 0 Å². The summed E-state index contributed by atoms with van der Waals surface area (Å²) in [4.78, 5) is 11.5. The topological polar surface area (TPSA) is 29.1 Å². The van der Waals surface area contributed by atoms with Crippen molar-refractivity contribution in [2.45, 2.75) is 39.2 Å². The number of hydrogen-bond donors (Lipinski definition) is 1. The van der Waals surface area contributed by atoms with E-state index in [0.717, 1.165) is 18.9 Å². The van der Waals surface area contributed by atoms with Crippen LogP contribution in [0, 0.1) is 11.6 Å². The fraction of sp³-hybridized carbons (Fsp3) is 0.462. The molecule has 0 saturated carbocycles. The molecular weight excluding hydrogens is 224 g/mol. The molecule has 0 radical (unpaired) electrons. The van der Waals surface area contributed by atoms with Gasteiger partial charge in [-0.05, 0) is 31.0 Å². The third-order valence-electron chi connectivity index (χ3n) is 2.52. The van der Waals surface area contributed by atoms with E-state index in [0.29, 0.717) is 12.0 Å². The van der Waals surface area contributed by atoms with Crippen LogP contribution in [0.4, 0.5) is 8.78 Å². The number of nitrogens with one attached hydrogen (secondary N) is 1. The number of hydrogen-bond acceptors (Lipinski definition) is 1. The van der Waals surface area contributed by atoms with Crippen LogP contribution in [0.5, 0.6) is 0 Å². The van der Waals surface area contributed by atoms with Gasteiger partial charge in [-0.3, -0.25) is 4.79 Å². The van der Waals surface area contributed by atoms with Crippen molar-refractivity contribution in [3.8, 4) is 0 Å². The lowest BCUT2D eigenvalue weighted by Gasteiger charge is -2.14. The highest BCUT2D eigenvalue weighted by Crippen LogP contribution is 2.16. The zero-order chi connectivity index (χ0) is 12.8. The van der Waals surface area contributed by atoms with Crippen molar-refractivity contribution in [1.82, 2.24) is 5.32 Å². The lowest BCUT2D eigenvalue weighted by atomic mass is 10.1.